The number of carbonyl (C=O) groups excluding carboxylic acids is 2. The minimum Gasteiger partial charge on any atom is -0.486 e. The third-order valence-corrected chi connectivity index (χ3v) is 6.07. The fourth-order valence-electron chi connectivity index (χ4n) is 3.35. The summed E-state index contributed by atoms with van der Waals surface area (Å²) in [7, 11) is 3.30. The maximum absolute atomic E-state index is 13.5. The number of rotatable bonds is 5. The summed E-state index contributed by atoms with van der Waals surface area (Å²) in [5, 5.41) is 0.623. The second-order valence-corrected chi connectivity index (χ2v) is 8.57. The van der Waals surface area contributed by atoms with E-state index < -0.39 is 6.10 Å². The quantitative estimate of drug-likeness (QED) is 0.587. The molecule has 0 unspecified atom stereocenters. The zero-order valence-corrected chi connectivity index (χ0v) is 18.7. The van der Waals surface area contributed by atoms with Crippen LogP contribution in [0.3, 0.4) is 0 Å². The Kier molecular flexibility index (Phi) is 6.09. The van der Waals surface area contributed by atoms with Gasteiger partial charge in [-0.15, -0.1) is 11.3 Å². The largest absolute Gasteiger partial charge is 0.486 e. The van der Waals surface area contributed by atoms with E-state index in [-0.39, 0.29) is 30.8 Å². The highest BCUT2D eigenvalue weighted by atomic mass is 32.1. The molecule has 0 spiro atoms. The molecule has 1 aliphatic rings. The van der Waals surface area contributed by atoms with Gasteiger partial charge in [-0.05, 0) is 43.3 Å². The van der Waals surface area contributed by atoms with Gasteiger partial charge in [-0.25, -0.2) is 9.37 Å². The maximum Gasteiger partial charge on any atom is 0.270 e. The van der Waals surface area contributed by atoms with E-state index >= 15 is 0 Å². The number of halogens is 1. The highest BCUT2D eigenvalue weighted by molar-refractivity contribution is 7.13. The summed E-state index contributed by atoms with van der Waals surface area (Å²) in [4.78, 5) is 34.0. The molecule has 0 radical (unpaired) electrons. The van der Waals surface area contributed by atoms with Crippen molar-refractivity contribution in [3.63, 3.8) is 0 Å². The van der Waals surface area contributed by atoms with E-state index in [1.807, 2.05) is 6.07 Å². The highest BCUT2D eigenvalue weighted by Crippen LogP contribution is 2.35. The molecule has 2 heterocycles. The van der Waals surface area contributed by atoms with Gasteiger partial charge in [-0.3, -0.25) is 14.5 Å². The molecule has 0 aliphatic carbocycles. The van der Waals surface area contributed by atoms with Crippen molar-refractivity contribution in [1.29, 1.82) is 0 Å². The zero-order valence-electron chi connectivity index (χ0n) is 17.9. The van der Waals surface area contributed by atoms with Gasteiger partial charge in [0.1, 0.15) is 33.8 Å². The molecule has 1 aromatic heterocycles. The average molecular weight is 456 g/mol. The lowest BCUT2D eigenvalue weighted by molar-refractivity contribution is -0.135. The molecule has 166 valence electrons. The number of nitrogens with zero attached hydrogens (tertiary/aromatic N) is 3. The number of aryl methyl sites for hydroxylation is 1. The van der Waals surface area contributed by atoms with Crippen LogP contribution >= 0.6 is 11.3 Å². The first-order valence-corrected chi connectivity index (χ1v) is 10.8. The molecular weight excluding hydrogens is 433 g/mol. The molecule has 1 aliphatic heterocycles. The van der Waals surface area contributed by atoms with Gasteiger partial charge in [-0.1, -0.05) is 12.1 Å². The third-order valence-electron chi connectivity index (χ3n) is 4.95. The number of aromatic nitrogens is 1. The summed E-state index contributed by atoms with van der Waals surface area (Å²) in [6, 6.07) is 12.9. The minimum absolute atomic E-state index is 0.103. The van der Waals surface area contributed by atoms with Crippen LogP contribution in [0.5, 0.6) is 11.5 Å². The van der Waals surface area contributed by atoms with E-state index in [2.05, 4.69) is 4.98 Å². The Morgan fingerprint density at radius 3 is 2.66 bits per heavy atom. The van der Waals surface area contributed by atoms with Gasteiger partial charge < -0.3 is 14.4 Å². The molecule has 3 aromatic rings. The van der Waals surface area contributed by atoms with E-state index in [0.29, 0.717) is 32.8 Å². The van der Waals surface area contributed by atoms with Gasteiger partial charge >= 0.3 is 0 Å². The lowest BCUT2D eigenvalue weighted by Gasteiger charge is -2.34. The number of carbonyl (C=O) groups is 2. The van der Waals surface area contributed by atoms with Crippen molar-refractivity contribution in [3.05, 3.63) is 69.9 Å². The van der Waals surface area contributed by atoms with Crippen LogP contribution < -0.4 is 14.4 Å². The van der Waals surface area contributed by atoms with Crippen LogP contribution in [0.1, 0.15) is 20.4 Å². The Labute approximate surface area is 189 Å². The van der Waals surface area contributed by atoms with Crippen molar-refractivity contribution in [3.8, 4) is 11.5 Å². The third kappa shape index (κ3) is 4.43. The van der Waals surface area contributed by atoms with Gasteiger partial charge in [0.25, 0.3) is 11.8 Å². The van der Waals surface area contributed by atoms with Crippen LogP contribution in [0.4, 0.5) is 10.1 Å². The Balaban J connectivity index is 1.56. The molecule has 0 saturated carbocycles. The highest BCUT2D eigenvalue weighted by Gasteiger charge is 2.36. The molecule has 9 heteroatoms. The lowest BCUT2D eigenvalue weighted by Crippen LogP contribution is -2.50. The Hall–Kier alpha value is -3.46. The molecular formula is C23H22FN3O4S. The first kappa shape index (κ1) is 21.8. The maximum atomic E-state index is 13.5. The number of ether oxygens (including phenoxy) is 2. The standard InChI is InChI=1S/C23H22FN3O4S/c1-14-21(32-20(25-14)13-30-16-10-8-15(24)9-11-16)23(29)27-12-19(22(28)26(2)3)31-18-7-5-4-6-17(18)27/h4-11,19H,12-13H2,1-3H3/t19-/m0/s1. The summed E-state index contributed by atoms with van der Waals surface area (Å²) in [5.41, 5.74) is 1.19. The Morgan fingerprint density at radius 1 is 1.22 bits per heavy atom. The molecule has 4 rings (SSSR count). The SMILES string of the molecule is Cc1nc(COc2ccc(F)cc2)sc1C(=O)N1C[C@@H](C(=O)N(C)C)Oc2ccccc21. The summed E-state index contributed by atoms with van der Waals surface area (Å²) < 4.78 is 24.6. The smallest absolute Gasteiger partial charge is 0.270 e. The summed E-state index contributed by atoms with van der Waals surface area (Å²) in [5.74, 6) is 0.188. The van der Waals surface area contributed by atoms with Crippen LogP contribution in [-0.4, -0.2) is 48.4 Å². The van der Waals surface area contributed by atoms with E-state index in [1.54, 1.807) is 44.1 Å². The van der Waals surface area contributed by atoms with Crippen molar-refractivity contribution in [2.24, 2.45) is 0 Å². The van der Waals surface area contributed by atoms with E-state index in [1.165, 1.54) is 40.5 Å². The molecule has 7 nitrogen and oxygen atoms in total. The number of hydrogen-bond donors (Lipinski definition) is 0. The summed E-state index contributed by atoms with van der Waals surface area (Å²) in [6.07, 6.45) is -0.793. The fourth-order valence-corrected chi connectivity index (χ4v) is 4.28. The van der Waals surface area contributed by atoms with Gasteiger partial charge in [0.2, 0.25) is 0 Å². The summed E-state index contributed by atoms with van der Waals surface area (Å²) in [6.45, 7) is 2.03. The molecule has 1 atom stereocenters. The van der Waals surface area contributed by atoms with Crippen molar-refractivity contribution in [2.45, 2.75) is 19.6 Å². The van der Waals surface area contributed by atoms with Crippen molar-refractivity contribution < 1.29 is 23.5 Å². The van der Waals surface area contributed by atoms with Crippen LogP contribution in [0.2, 0.25) is 0 Å². The van der Waals surface area contributed by atoms with Gasteiger partial charge in [0.15, 0.2) is 6.10 Å². The predicted molar refractivity (Wildman–Crippen MR) is 119 cm³/mol. The van der Waals surface area contributed by atoms with Crippen LogP contribution in [-0.2, 0) is 11.4 Å². The second kappa shape index (κ2) is 8.96. The molecule has 0 saturated heterocycles. The van der Waals surface area contributed by atoms with Crippen molar-refractivity contribution >= 4 is 28.8 Å². The number of thiazole rings is 1. The van der Waals surface area contributed by atoms with Crippen molar-refractivity contribution in [1.82, 2.24) is 9.88 Å². The average Bonchev–Trinajstić information content (AvgIpc) is 3.17. The molecule has 0 bridgehead atoms. The van der Waals surface area contributed by atoms with Gasteiger partial charge in [-0.2, -0.15) is 0 Å². The molecule has 2 amide bonds. The fraction of sp³-hybridized carbons (Fsp3) is 0.261. The normalized spacial score (nSPS) is 15.0. The molecule has 0 N–H and O–H groups in total. The number of para-hydroxylation sites is 2. The molecule has 2 aromatic carbocycles. The monoisotopic (exact) mass is 455 g/mol. The minimum atomic E-state index is -0.793. The molecule has 0 fully saturated rings. The Morgan fingerprint density at radius 2 is 1.94 bits per heavy atom. The van der Waals surface area contributed by atoms with Crippen LogP contribution in [0.15, 0.2) is 48.5 Å². The van der Waals surface area contributed by atoms with Crippen molar-refractivity contribution in [2.75, 3.05) is 25.5 Å². The number of amides is 2. The second-order valence-electron chi connectivity index (χ2n) is 7.49. The number of likely N-dealkylation sites (N-methyl/N-ethyl adjacent to an activating group) is 1. The van der Waals surface area contributed by atoms with E-state index in [0.717, 1.165) is 0 Å². The van der Waals surface area contributed by atoms with E-state index in [4.69, 9.17) is 9.47 Å². The number of anilines is 1. The lowest BCUT2D eigenvalue weighted by atomic mass is 10.1. The van der Waals surface area contributed by atoms with Gasteiger partial charge in [0, 0.05) is 14.1 Å². The predicted octanol–water partition coefficient (Wildman–Crippen LogP) is 3.67. The number of hydrogen-bond acceptors (Lipinski definition) is 6. The Bertz CT molecular complexity index is 1150. The zero-order chi connectivity index (χ0) is 22.8. The summed E-state index contributed by atoms with van der Waals surface area (Å²) >= 11 is 1.24. The van der Waals surface area contributed by atoms with Crippen LogP contribution in [0.25, 0.3) is 0 Å². The number of benzene rings is 2. The van der Waals surface area contributed by atoms with E-state index in [9.17, 15) is 14.0 Å². The number of fused-ring (bicyclic) bond motifs is 1. The molecule has 32 heavy (non-hydrogen) atoms. The first-order valence-electron chi connectivity index (χ1n) is 9.97. The van der Waals surface area contributed by atoms with Crippen LogP contribution in [0, 0.1) is 12.7 Å². The topological polar surface area (TPSA) is 72.0 Å². The first-order chi connectivity index (χ1) is 15.3. The van der Waals surface area contributed by atoms with Gasteiger partial charge in [0.05, 0.1) is 17.9 Å².